The van der Waals surface area contributed by atoms with Crippen LogP contribution in [0.15, 0.2) is 77.4 Å². The first kappa shape index (κ1) is 28.2. The van der Waals surface area contributed by atoms with Gasteiger partial charge in [0, 0.05) is 38.4 Å². The van der Waals surface area contributed by atoms with E-state index < -0.39 is 0 Å². The fourth-order valence-corrected chi connectivity index (χ4v) is 4.40. The molecular formula is C30H38N4O5. The Balaban J connectivity index is 1.44. The second-order valence-electron chi connectivity index (χ2n) is 9.39. The topological polar surface area (TPSA) is 87.5 Å². The number of anilines is 1. The van der Waals surface area contributed by atoms with Crippen molar-refractivity contribution in [1.29, 1.82) is 0 Å². The lowest BCUT2D eigenvalue weighted by Crippen LogP contribution is -2.48. The highest BCUT2D eigenvalue weighted by molar-refractivity contribution is 5.92. The number of hydrogen-bond donors (Lipinski definition) is 1. The van der Waals surface area contributed by atoms with E-state index in [0.29, 0.717) is 63.9 Å². The van der Waals surface area contributed by atoms with Crippen LogP contribution in [-0.4, -0.2) is 85.7 Å². The molecule has 0 bridgehead atoms. The van der Waals surface area contributed by atoms with Gasteiger partial charge in [0.25, 0.3) is 0 Å². The zero-order valence-corrected chi connectivity index (χ0v) is 22.6. The Kier molecular flexibility index (Phi) is 10.8. The maximum Gasteiger partial charge on any atom is 0.322 e. The third kappa shape index (κ3) is 9.15. The second-order valence-corrected chi connectivity index (χ2v) is 9.39. The predicted molar refractivity (Wildman–Crippen MR) is 150 cm³/mol. The SMILES string of the molecule is CCOc1ccc(NC(=O)N(CCN2CCOCC2)CC(=O)N(CCc2ccccc2)Cc2ccco2)cc1. The van der Waals surface area contributed by atoms with Crippen LogP contribution >= 0.6 is 0 Å². The third-order valence-corrected chi connectivity index (χ3v) is 6.61. The molecule has 1 fully saturated rings. The summed E-state index contributed by atoms with van der Waals surface area (Å²) in [6, 6.07) is 20.6. The molecular weight excluding hydrogens is 496 g/mol. The first-order valence-electron chi connectivity index (χ1n) is 13.5. The van der Waals surface area contributed by atoms with E-state index in [1.165, 1.54) is 0 Å². The van der Waals surface area contributed by atoms with Gasteiger partial charge in [0.2, 0.25) is 5.91 Å². The van der Waals surface area contributed by atoms with Crippen molar-refractivity contribution in [2.45, 2.75) is 19.9 Å². The van der Waals surface area contributed by atoms with Gasteiger partial charge in [-0.15, -0.1) is 0 Å². The highest BCUT2D eigenvalue weighted by atomic mass is 16.5. The van der Waals surface area contributed by atoms with Crippen molar-refractivity contribution < 1.29 is 23.5 Å². The van der Waals surface area contributed by atoms with Gasteiger partial charge in [-0.25, -0.2) is 4.79 Å². The average Bonchev–Trinajstić information content (AvgIpc) is 3.49. The summed E-state index contributed by atoms with van der Waals surface area (Å²) in [6.07, 6.45) is 2.31. The highest BCUT2D eigenvalue weighted by Crippen LogP contribution is 2.16. The van der Waals surface area contributed by atoms with Crippen molar-refractivity contribution in [3.05, 3.63) is 84.3 Å². The van der Waals surface area contributed by atoms with E-state index >= 15 is 0 Å². The number of hydrogen-bond acceptors (Lipinski definition) is 6. The Hall–Kier alpha value is -3.82. The van der Waals surface area contributed by atoms with Gasteiger partial charge in [0.15, 0.2) is 0 Å². The number of morpholine rings is 1. The highest BCUT2D eigenvalue weighted by Gasteiger charge is 2.23. The molecule has 208 valence electrons. The Morgan fingerprint density at radius 2 is 1.72 bits per heavy atom. The molecule has 1 N–H and O–H groups in total. The maximum absolute atomic E-state index is 13.6. The van der Waals surface area contributed by atoms with Gasteiger partial charge in [-0.3, -0.25) is 9.69 Å². The maximum atomic E-state index is 13.6. The number of carbonyl (C=O) groups excluding carboxylic acids is 2. The van der Waals surface area contributed by atoms with E-state index in [1.807, 2.05) is 49.4 Å². The Morgan fingerprint density at radius 1 is 0.949 bits per heavy atom. The lowest BCUT2D eigenvalue weighted by molar-refractivity contribution is -0.132. The number of ether oxygens (including phenoxy) is 2. The summed E-state index contributed by atoms with van der Waals surface area (Å²) in [5.41, 5.74) is 1.79. The first-order chi connectivity index (χ1) is 19.1. The summed E-state index contributed by atoms with van der Waals surface area (Å²) in [5, 5.41) is 2.95. The van der Waals surface area contributed by atoms with Crippen LogP contribution in [0.5, 0.6) is 5.75 Å². The molecule has 39 heavy (non-hydrogen) atoms. The van der Waals surface area contributed by atoms with E-state index in [-0.39, 0.29) is 18.5 Å². The van der Waals surface area contributed by atoms with Crippen LogP contribution in [0.4, 0.5) is 10.5 Å². The summed E-state index contributed by atoms with van der Waals surface area (Å²) in [6.45, 7) is 7.36. The van der Waals surface area contributed by atoms with Crippen LogP contribution in [-0.2, 0) is 22.5 Å². The number of nitrogens with zero attached hydrogens (tertiary/aromatic N) is 3. The number of rotatable bonds is 13. The molecule has 4 rings (SSSR count). The predicted octanol–water partition coefficient (Wildman–Crippen LogP) is 4.12. The van der Waals surface area contributed by atoms with Crippen molar-refractivity contribution in [1.82, 2.24) is 14.7 Å². The Bertz CT molecular complexity index is 1130. The fourth-order valence-electron chi connectivity index (χ4n) is 4.40. The van der Waals surface area contributed by atoms with Gasteiger partial charge in [0.05, 0.1) is 32.6 Å². The average molecular weight is 535 g/mol. The summed E-state index contributed by atoms with van der Waals surface area (Å²) in [5.74, 6) is 1.31. The Morgan fingerprint density at radius 3 is 2.41 bits per heavy atom. The minimum atomic E-state index is -0.318. The van der Waals surface area contributed by atoms with Crippen molar-refractivity contribution in [2.24, 2.45) is 0 Å². The molecule has 3 amide bonds. The summed E-state index contributed by atoms with van der Waals surface area (Å²) < 4.78 is 16.5. The molecule has 0 unspecified atom stereocenters. The molecule has 1 saturated heterocycles. The van der Waals surface area contributed by atoms with Gasteiger partial charge in [-0.05, 0) is 55.3 Å². The van der Waals surface area contributed by atoms with E-state index in [0.717, 1.165) is 24.4 Å². The standard InChI is InChI=1S/C30H38N4O5/c1-2-38-27-12-10-26(11-13-27)31-30(36)34(17-16-32-18-21-37-22-19-32)24-29(35)33(23-28-9-6-20-39-28)15-14-25-7-4-3-5-8-25/h3-13,20H,2,14-19,21-24H2,1H3,(H,31,36). The first-order valence-corrected chi connectivity index (χ1v) is 13.5. The fraction of sp³-hybridized carbons (Fsp3) is 0.400. The summed E-state index contributed by atoms with van der Waals surface area (Å²) in [7, 11) is 0. The van der Waals surface area contributed by atoms with Gasteiger partial charge < -0.3 is 29.0 Å². The molecule has 0 spiro atoms. The summed E-state index contributed by atoms with van der Waals surface area (Å²) in [4.78, 5) is 32.6. The van der Waals surface area contributed by atoms with Crippen molar-refractivity contribution in [3.8, 4) is 5.75 Å². The molecule has 0 saturated carbocycles. The zero-order valence-electron chi connectivity index (χ0n) is 22.6. The van der Waals surface area contributed by atoms with Gasteiger partial charge in [-0.1, -0.05) is 30.3 Å². The lowest BCUT2D eigenvalue weighted by Gasteiger charge is -2.31. The molecule has 1 aromatic heterocycles. The van der Waals surface area contributed by atoms with Crippen LogP contribution < -0.4 is 10.1 Å². The van der Waals surface area contributed by atoms with Crippen molar-refractivity contribution >= 4 is 17.6 Å². The number of urea groups is 1. The molecule has 9 nitrogen and oxygen atoms in total. The molecule has 0 radical (unpaired) electrons. The quantitative estimate of drug-likeness (QED) is 0.355. The normalized spacial score (nSPS) is 13.6. The van der Waals surface area contributed by atoms with Crippen molar-refractivity contribution in [3.63, 3.8) is 0 Å². The van der Waals surface area contributed by atoms with Gasteiger partial charge in [0.1, 0.15) is 18.1 Å². The van der Waals surface area contributed by atoms with Crippen LogP contribution in [0.3, 0.4) is 0 Å². The largest absolute Gasteiger partial charge is 0.494 e. The van der Waals surface area contributed by atoms with Crippen LogP contribution in [0.25, 0.3) is 0 Å². The minimum absolute atomic E-state index is 0.0390. The molecule has 9 heteroatoms. The zero-order chi connectivity index (χ0) is 27.3. The van der Waals surface area contributed by atoms with E-state index in [4.69, 9.17) is 13.9 Å². The van der Waals surface area contributed by atoms with Crippen LogP contribution in [0, 0.1) is 0 Å². The molecule has 2 heterocycles. The summed E-state index contributed by atoms with van der Waals surface area (Å²) >= 11 is 0. The van der Waals surface area contributed by atoms with Crippen LogP contribution in [0.1, 0.15) is 18.2 Å². The number of benzene rings is 2. The number of carbonyl (C=O) groups is 2. The number of nitrogens with one attached hydrogen (secondary N) is 1. The third-order valence-electron chi connectivity index (χ3n) is 6.61. The number of amides is 3. The van der Waals surface area contributed by atoms with Gasteiger partial charge >= 0.3 is 6.03 Å². The van der Waals surface area contributed by atoms with Crippen molar-refractivity contribution in [2.75, 3.05) is 64.4 Å². The lowest BCUT2D eigenvalue weighted by atomic mass is 10.1. The minimum Gasteiger partial charge on any atom is -0.494 e. The molecule has 0 aliphatic carbocycles. The number of furan rings is 1. The van der Waals surface area contributed by atoms with Gasteiger partial charge in [-0.2, -0.15) is 0 Å². The van der Waals surface area contributed by atoms with E-state index in [1.54, 1.807) is 28.2 Å². The Labute approximate surface area is 230 Å². The smallest absolute Gasteiger partial charge is 0.322 e. The molecule has 1 aliphatic heterocycles. The molecule has 1 aliphatic rings. The second kappa shape index (κ2) is 14.9. The monoisotopic (exact) mass is 534 g/mol. The van der Waals surface area contributed by atoms with E-state index in [2.05, 4.69) is 22.3 Å². The molecule has 2 aromatic carbocycles. The molecule has 3 aromatic rings. The molecule has 0 atom stereocenters. The van der Waals surface area contributed by atoms with E-state index in [9.17, 15) is 9.59 Å². The van der Waals surface area contributed by atoms with Crippen LogP contribution in [0.2, 0.25) is 0 Å².